The van der Waals surface area contributed by atoms with Crippen LogP contribution in [0.1, 0.15) is 29.3 Å². The number of ether oxygens (including phenoxy) is 2. The summed E-state index contributed by atoms with van der Waals surface area (Å²) in [6.07, 6.45) is 2.02. The number of thioether (sulfide) groups is 1. The third-order valence-corrected chi connectivity index (χ3v) is 8.01. The molecule has 0 heterocycles. The molecule has 0 aromatic heterocycles. The molecule has 0 bridgehead atoms. The van der Waals surface area contributed by atoms with Gasteiger partial charge in [-0.2, -0.15) is 0 Å². The maximum atomic E-state index is 13.6. The van der Waals surface area contributed by atoms with Crippen molar-refractivity contribution in [3.05, 3.63) is 124 Å². The monoisotopic (exact) mass is 640 g/mol. The number of hydrogen-bond donors (Lipinski definition) is 3. The molecule has 0 aliphatic carbocycles. The maximum absolute atomic E-state index is 13.6. The molecule has 0 fully saturated rings. The van der Waals surface area contributed by atoms with E-state index in [9.17, 15) is 24.5 Å². The minimum atomic E-state index is -0.577. The summed E-state index contributed by atoms with van der Waals surface area (Å²) in [6.45, 7) is 1.87. The Morgan fingerprint density at radius 3 is 2.26 bits per heavy atom. The molecule has 4 aromatic carbocycles. The van der Waals surface area contributed by atoms with Crippen LogP contribution in [0, 0.1) is 10.1 Å². The van der Waals surface area contributed by atoms with E-state index in [1.54, 1.807) is 66.7 Å². The van der Waals surface area contributed by atoms with Gasteiger partial charge in [0.25, 0.3) is 17.5 Å². The van der Waals surface area contributed by atoms with E-state index in [0.29, 0.717) is 40.4 Å². The first kappa shape index (κ1) is 33.3. The lowest BCUT2D eigenvalue weighted by atomic mass is 10.1. The lowest BCUT2D eigenvalue weighted by Gasteiger charge is -2.16. The molecule has 0 aliphatic rings. The van der Waals surface area contributed by atoms with Crippen molar-refractivity contribution in [1.82, 2.24) is 5.32 Å². The Labute approximate surface area is 270 Å². The molecule has 1 atom stereocenters. The van der Waals surface area contributed by atoms with E-state index in [1.165, 1.54) is 56.3 Å². The van der Waals surface area contributed by atoms with Crippen LogP contribution in [0.15, 0.2) is 108 Å². The van der Waals surface area contributed by atoms with Crippen molar-refractivity contribution in [2.75, 3.05) is 24.9 Å². The third kappa shape index (κ3) is 8.96. The van der Waals surface area contributed by atoms with Gasteiger partial charge in [0.15, 0.2) is 0 Å². The third-order valence-electron chi connectivity index (χ3n) is 6.65. The molecule has 0 saturated carbocycles. The van der Waals surface area contributed by atoms with Gasteiger partial charge in [0, 0.05) is 45.6 Å². The molecule has 0 radical (unpaired) electrons. The van der Waals surface area contributed by atoms with E-state index < -0.39 is 22.0 Å². The number of nitro benzene ring substituents is 1. The number of carbonyl (C=O) groups is 3. The molecule has 46 heavy (non-hydrogen) atoms. The van der Waals surface area contributed by atoms with Crippen molar-refractivity contribution in [3.63, 3.8) is 0 Å². The molecule has 3 amide bonds. The van der Waals surface area contributed by atoms with Crippen molar-refractivity contribution in [3.8, 4) is 11.5 Å². The molecule has 236 valence electrons. The molecule has 0 saturated heterocycles. The number of carbonyl (C=O) groups excluding carboxylic acids is 3. The van der Waals surface area contributed by atoms with Crippen molar-refractivity contribution in [2.24, 2.45) is 0 Å². The zero-order valence-corrected chi connectivity index (χ0v) is 26.1. The van der Waals surface area contributed by atoms with Crippen LogP contribution < -0.4 is 25.4 Å². The largest absolute Gasteiger partial charge is 0.497 e. The quantitative estimate of drug-likeness (QED) is 0.0646. The molecule has 1 unspecified atom stereocenters. The smallest absolute Gasteiger partial charge is 0.272 e. The highest BCUT2D eigenvalue weighted by Crippen LogP contribution is 2.30. The molecule has 0 spiro atoms. The summed E-state index contributed by atoms with van der Waals surface area (Å²) in [5.74, 6) is -0.307. The molecule has 3 N–H and O–H groups in total. The second-order valence-electron chi connectivity index (χ2n) is 9.78. The first-order valence-corrected chi connectivity index (χ1v) is 15.0. The minimum absolute atomic E-state index is 0.0238. The van der Waals surface area contributed by atoms with E-state index >= 15 is 0 Å². The molecule has 0 aliphatic heterocycles. The lowest BCUT2D eigenvalue weighted by Crippen LogP contribution is -2.30. The van der Waals surface area contributed by atoms with Crippen LogP contribution >= 0.6 is 11.8 Å². The number of methoxy groups -OCH3 is 2. The lowest BCUT2D eigenvalue weighted by molar-refractivity contribution is -0.384. The van der Waals surface area contributed by atoms with Gasteiger partial charge in [0.1, 0.15) is 17.2 Å². The minimum Gasteiger partial charge on any atom is -0.497 e. The van der Waals surface area contributed by atoms with E-state index in [4.69, 9.17) is 9.47 Å². The van der Waals surface area contributed by atoms with E-state index in [-0.39, 0.29) is 17.3 Å². The van der Waals surface area contributed by atoms with Crippen molar-refractivity contribution >= 4 is 52.6 Å². The SMILES string of the molecule is CCC(Sc1cccc(NC(=O)/C(=C\c2ccc(OC)cc2OC)NC(=O)c2ccccc2)c1)C(=O)Nc1ccc([N+](=O)[O-])cc1. The summed E-state index contributed by atoms with van der Waals surface area (Å²) in [7, 11) is 3.02. The van der Waals surface area contributed by atoms with Gasteiger partial charge in [0.05, 0.1) is 24.4 Å². The number of nitro groups is 1. The molecule has 4 rings (SSSR count). The first-order valence-electron chi connectivity index (χ1n) is 14.1. The fourth-order valence-corrected chi connectivity index (χ4v) is 5.27. The van der Waals surface area contributed by atoms with E-state index in [0.717, 1.165) is 4.90 Å². The van der Waals surface area contributed by atoms with Gasteiger partial charge in [-0.15, -0.1) is 11.8 Å². The van der Waals surface area contributed by atoms with Gasteiger partial charge in [-0.1, -0.05) is 31.2 Å². The summed E-state index contributed by atoms with van der Waals surface area (Å²) in [5.41, 5.74) is 1.71. The zero-order chi connectivity index (χ0) is 33.1. The van der Waals surface area contributed by atoms with Gasteiger partial charge >= 0.3 is 0 Å². The van der Waals surface area contributed by atoms with E-state index in [2.05, 4.69) is 16.0 Å². The second kappa shape index (κ2) is 15.9. The molecule has 12 heteroatoms. The van der Waals surface area contributed by atoms with Gasteiger partial charge in [-0.05, 0) is 67.1 Å². The summed E-state index contributed by atoms with van der Waals surface area (Å²) in [4.78, 5) is 50.8. The van der Waals surface area contributed by atoms with Gasteiger partial charge in [0.2, 0.25) is 5.91 Å². The van der Waals surface area contributed by atoms with Gasteiger partial charge in [-0.25, -0.2) is 0 Å². The Bertz CT molecular complexity index is 1740. The number of amides is 3. The van der Waals surface area contributed by atoms with Crippen LogP contribution in [-0.2, 0) is 9.59 Å². The van der Waals surface area contributed by atoms with E-state index in [1.807, 2.05) is 13.0 Å². The molecule has 11 nitrogen and oxygen atoms in total. The average molecular weight is 641 g/mol. The molecular formula is C34H32N4O7S. The predicted molar refractivity (Wildman–Crippen MR) is 178 cm³/mol. The summed E-state index contributed by atoms with van der Waals surface area (Å²) in [5, 5.41) is 18.8. The number of nitrogens with one attached hydrogen (secondary N) is 3. The maximum Gasteiger partial charge on any atom is 0.272 e. The molecule has 4 aromatic rings. The number of non-ortho nitro benzene ring substituents is 1. The van der Waals surface area contributed by atoms with Crippen molar-refractivity contribution in [1.29, 1.82) is 0 Å². The van der Waals surface area contributed by atoms with Crippen molar-refractivity contribution < 1.29 is 28.8 Å². The number of hydrogen-bond acceptors (Lipinski definition) is 8. The fraction of sp³-hybridized carbons (Fsp3) is 0.147. The zero-order valence-electron chi connectivity index (χ0n) is 25.3. The van der Waals surface area contributed by atoms with Crippen LogP contribution in [0.25, 0.3) is 6.08 Å². The Hall–Kier alpha value is -5.62. The van der Waals surface area contributed by atoms with Crippen LogP contribution in [0.3, 0.4) is 0 Å². The number of anilines is 2. The van der Waals surface area contributed by atoms with Crippen molar-refractivity contribution in [2.45, 2.75) is 23.5 Å². The Morgan fingerprint density at radius 1 is 0.870 bits per heavy atom. The van der Waals surface area contributed by atoms with Gasteiger partial charge in [-0.3, -0.25) is 24.5 Å². The highest BCUT2D eigenvalue weighted by Gasteiger charge is 2.20. The second-order valence-corrected chi connectivity index (χ2v) is 11.1. The highest BCUT2D eigenvalue weighted by atomic mass is 32.2. The molecular weight excluding hydrogens is 608 g/mol. The number of nitrogens with zero attached hydrogens (tertiary/aromatic N) is 1. The summed E-state index contributed by atoms with van der Waals surface area (Å²) in [6, 6.07) is 26.2. The number of benzene rings is 4. The van der Waals surface area contributed by atoms with Crippen LogP contribution in [-0.4, -0.2) is 42.1 Å². The topological polar surface area (TPSA) is 149 Å². The Balaban J connectivity index is 1.53. The Kier molecular flexibility index (Phi) is 11.5. The standard InChI is InChI=1S/C34H32N4O7S/c1-4-31(34(41)35-24-14-16-26(17-15-24)38(42)43)46-28-12-8-11-25(20-28)36-33(40)29(37-32(39)22-9-6-5-7-10-22)19-23-13-18-27(44-2)21-30(23)45-3/h5-21,31H,4H2,1-3H3,(H,35,41)(H,36,40)(H,37,39)/b29-19+. The van der Waals surface area contributed by atoms with Crippen LogP contribution in [0.5, 0.6) is 11.5 Å². The first-order chi connectivity index (χ1) is 22.2. The van der Waals surface area contributed by atoms with Crippen LogP contribution in [0.2, 0.25) is 0 Å². The fourth-order valence-electron chi connectivity index (χ4n) is 4.26. The normalized spacial score (nSPS) is 11.6. The summed E-state index contributed by atoms with van der Waals surface area (Å²) >= 11 is 1.31. The predicted octanol–water partition coefficient (Wildman–Crippen LogP) is 6.53. The Morgan fingerprint density at radius 2 is 1.61 bits per heavy atom. The van der Waals surface area contributed by atoms with Crippen LogP contribution in [0.4, 0.5) is 17.1 Å². The van der Waals surface area contributed by atoms with Gasteiger partial charge < -0.3 is 25.4 Å². The summed E-state index contributed by atoms with van der Waals surface area (Å²) < 4.78 is 10.7. The average Bonchev–Trinajstić information content (AvgIpc) is 3.07. The highest BCUT2D eigenvalue weighted by molar-refractivity contribution is 8.00. The number of rotatable bonds is 13.